The smallest absolute Gasteiger partial charge is 0.294 e. The van der Waals surface area contributed by atoms with Gasteiger partial charge < -0.3 is 10.2 Å². The van der Waals surface area contributed by atoms with Crippen LogP contribution >= 0.6 is 0 Å². The summed E-state index contributed by atoms with van der Waals surface area (Å²) < 4.78 is 4.89. The predicted molar refractivity (Wildman–Crippen MR) is 43.6 cm³/mol. The first kappa shape index (κ1) is 7.53. The number of nitrogens with two attached hydrogens (primary N) is 1. The number of nitrogens with zero attached hydrogens (tertiary/aromatic N) is 2. The zero-order chi connectivity index (χ0) is 9.42. The van der Waals surface area contributed by atoms with Gasteiger partial charge in [-0.2, -0.15) is 4.98 Å². The van der Waals surface area contributed by atoms with Crippen LogP contribution in [0, 0.1) is 0 Å². The van der Waals surface area contributed by atoms with Crippen LogP contribution in [0.3, 0.4) is 0 Å². The second kappa shape index (κ2) is 2.44. The van der Waals surface area contributed by atoms with E-state index in [2.05, 4.69) is 9.97 Å². The summed E-state index contributed by atoms with van der Waals surface area (Å²) in [5.41, 5.74) is 12.9. The maximum absolute atomic E-state index is 10.6. The Kier molecular flexibility index (Phi) is 1.42. The van der Waals surface area contributed by atoms with Gasteiger partial charge in [-0.25, -0.2) is 4.98 Å². The fourth-order valence-corrected chi connectivity index (χ4v) is 0.964. The minimum atomic E-state index is -0.809. The number of nitrogen functional groups attached to an aromatic ring is 1. The molecule has 65 valence electrons. The van der Waals surface area contributed by atoms with Gasteiger partial charge in [0.15, 0.2) is 0 Å². The SMILES string of the molecule is [NH]C(=O)c1cnc2oc(N)nc2c1. The molecule has 1 radical (unpaired) electrons. The number of rotatable bonds is 1. The zero-order valence-electron chi connectivity index (χ0n) is 6.44. The average molecular weight is 177 g/mol. The number of nitrogens with one attached hydrogen (secondary N) is 1. The highest BCUT2D eigenvalue weighted by molar-refractivity contribution is 5.94. The predicted octanol–water partition coefficient (Wildman–Crippen LogP) is 0.228. The molecule has 0 aliphatic heterocycles. The van der Waals surface area contributed by atoms with Crippen molar-refractivity contribution in [1.29, 1.82) is 0 Å². The highest BCUT2D eigenvalue weighted by Crippen LogP contribution is 2.14. The van der Waals surface area contributed by atoms with Crippen molar-refractivity contribution >= 4 is 23.2 Å². The van der Waals surface area contributed by atoms with Crippen LogP contribution in [0.15, 0.2) is 16.7 Å². The number of aromatic nitrogens is 2. The average Bonchev–Trinajstić information content (AvgIpc) is 2.42. The molecule has 2 heterocycles. The van der Waals surface area contributed by atoms with Gasteiger partial charge in [-0.15, -0.1) is 0 Å². The van der Waals surface area contributed by atoms with E-state index < -0.39 is 5.91 Å². The lowest BCUT2D eigenvalue weighted by atomic mass is 10.2. The van der Waals surface area contributed by atoms with Crippen molar-refractivity contribution in [2.24, 2.45) is 0 Å². The number of fused-ring (bicyclic) bond motifs is 1. The zero-order valence-corrected chi connectivity index (χ0v) is 6.44. The Balaban J connectivity index is 2.67. The summed E-state index contributed by atoms with van der Waals surface area (Å²) in [4.78, 5) is 18.2. The third-order valence-corrected chi connectivity index (χ3v) is 1.53. The second-order valence-electron chi connectivity index (χ2n) is 2.43. The van der Waals surface area contributed by atoms with E-state index in [1.165, 1.54) is 12.3 Å². The van der Waals surface area contributed by atoms with Gasteiger partial charge in [0.1, 0.15) is 5.52 Å². The van der Waals surface area contributed by atoms with Gasteiger partial charge in [0.2, 0.25) is 5.71 Å². The van der Waals surface area contributed by atoms with Crippen LogP contribution in [-0.4, -0.2) is 15.9 Å². The van der Waals surface area contributed by atoms with Crippen LogP contribution in [0.1, 0.15) is 10.4 Å². The van der Waals surface area contributed by atoms with Gasteiger partial charge in [0.05, 0.1) is 5.56 Å². The van der Waals surface area contributed by atoms with Crippen molar-refractivity contribution in [1.82, 2.24) is 15.7 Å². The molecule has 6 heteroatoms. The second-order valence-corrected chi connectivity index (χ2v) is 2.43. The van der Waals surface area contributed by atoms with Crippen molar-refractivity contribution in [3.05, 3.63) is 17.8 Å². The maximum atomic E-state index is 10.6. The van der Waals surface area contributed by atoms with Gasteiger partial charge in [-0.3, -0.25) is 10.5 Å². The van der Waals surface area contributed by atoms with Crippen molar-refractivity contribution in [2.45, 2.75) is 0 Å². The van der Waals surface area contributed by atoms with E-state index in [9.17, 15) is 4.79 Å². The molecule has 2 aromatic heterocycles. The third kappa shape index (κ3) is 1.18. The van der Waals surface area contributed by atoms with E-state index in [4.69, 9.17) is 15.9 Å². The molecule has 0 unspecified atom stereocenters. The standard InChI is InChI=1S/C7H5N4O2/c8-5(12)3-1-4-6(10-2-3)13-7(9)11-4/h1-2,8H,(H2,9,11). The molecule has 0 saturated carbocycles. The van der Waals surface area contributed by atoms with E-state index in [0.29, 0.717) is 5.52 Å². The Hall–Kier alpha value is -2.11. The fraction of sp³-hybridized carbons (Fsp3) is 0. The minimum Gasteiger partial charge on any atom is -0.405 e. The summed E-state index contributed by atoms with van der Waals surface area (Å²) in [6, 6.07) is 1.41. The molecule has 0 atom stereocenters. The first-order chi connectivity index (χ1) is 6.16. The first-order valence-corrected chi connectivity index (χ1v) is 3.45. The fourth-order valence-electron chi connectivity index (χ4n) is 0.964. The Labute approximate surface area is 72.6 Å². The summed E-state index contributed by atoms with van der Waals surface area (Å²) >= 11 is 0. The summed E-state index contributed by atoms with van der Waals surface area (Å²) in [6.45, 7) is 0. The number of carbonyl (C=O) groups is 1. The molecule has 3 N–H and O–H groups in total. The lowest BCUT2D eigenvalue weighted by molar-refractivity contribution is 0.0992. The maximum Gasteiger partial charge on any atom is 0.294 e. The number of amides is 1. The van der Waals surface area contributed by atoms with Crippen molar-refractivity contribution in [2.75, 3.05) is 5.73 Å². The Morgan fingerprint density at radius 3 is 3.08 bits per heavy atom. The molecule has 6 nitrogen and oxygen atoms in total. The van der Waals surface area contributed by atoms with Gasteiger partial charge in [0.25, 0.3) is 11.9 Å². The molecule has 0 aliphatic rings. The first-order valence-electron chi connectivity index (χ1n) is 3.45. The Bertz CT molecular complexity index is 476. The lowest BCUT2D eigenvalue weighted by Crippen LogP contribution is -1.98. The number of anilines is 1. The van der Waals surface area contributed by atoms with Gasteiger partial charge in [-0.1, -0.05) is 0 Å². The van der Waals surface area contributed by atoms with Crippen LogP contribution in [0.2, 0.25) is 0 Å². The number of pyridine rings is 1. The quantitative estimate of drug-likeness (QED) is 0.670. The number of hydrogen-bond acceptors (Lipinski definition) is 5. The van der Waals surface area contributed by atoms with Gasteiger partial charge >= 0.3 is 0 Å². The molecule has 0 saturated heterocycles. The summed E-state index contributed by atoms with van der Waals surface area (Å²) in [7, 11) is 0. The van der Waals surface area contributed by atoms with E-state index >= 15 is 0 Å². The highest BCUT2D eigenvalue weighted by atomic mass is 16.4. The van der Waals surface area contributed by atoms with Crippen LogP contribution in [0.25, 0.3) is 11.2 Å². The van der Waals surface area contributed by atoms with Gasteiger partial charge in [0, 0.05) is 6.20 Å². The summed E-state index contributed by atoms with van der Waals surface area (Å²) in [5.74, 6) is -0.809. The molecule has 1 amide bonds. The van der Waals surface area contributed by atoms with E-state index in [0.717, 1.165) is 0 Å². The molecule has 0 aromatic carbocycles. The van der Waals surface area contributed by atoms with Crippen LogP contribution in [-0.2, 0) is 0 Å². The monoisotopic (exact) mass is 177 g/mol. The van der Waals surface area contributed by atoms with Crippen molar-refractivity contribution < 1.29 is 9.21 Å². The lowest BCUT2D eigenvalue weighted by Gasteiger charge is -1.90. The third-order valence-electron chi connectivity index (χ3n) is 1.53. The number of carbonyl (C=O) groups excluding carboxylic acids is 1. The molecule has 2 rings (SSSR count). The van der Waals surface area contributed by atoms with E-state index in [1.54, 1.807) is 0 Å². The van der Waals surface area contributed by atoms with Crippen LogP contribution in [0.5, 0.6) is 0 Å². The molecule has 2 aromatic rings. The molecule has 0 fully saturated rings. The van der Waals surface area contributed by atoms with Crippen LogP contribution < -0.4 is 11.5 Å². The largest absolute Gasteiger partial charge is 0.405 e. The number of oxazole rings is 1. The Morgan fingerprint density at radius 1 is 1.62 bits per heavy atom. The van der Waals surface area contributed by atoms with Crippen LogP contribution in [0.4, 0.5) is 6.01 Å². The summed E-state index contributed by atoms with van der Waals surface area (Å²) in [5, 5.41) is 0. The highest BCUT2D eigenvalue weighted by Gasteiger charge is 2.07. The van der Waals surface area contributed by atoms with Gasteiger partial charge in [-0.05, 0) is 6.07 Å². The molecule has 0 bridgehead atoms. The molecule has 0 spiro atoms. The molecule has 0 aliphatic carbocycles. The van der Waals surface area contributed by atoms with Crippen molar-refractivity contribution in [3.8, 4) is 0 Å². The topological polar surface area (TPSA) is 106 Å². The molecule has 13 heavy (non-hydrogen) atoms. The normalized spacial score (nSPS) is 10.5. The minimum absolute atomic E-state index is 0.00270. The van der Waals surface area contributed by atoms with E-state index in [-0.39, 0.29) is 17.3 Å². The molecular weight excluding hydrogens is 172 g/mol. The molecular formula is C7H5N4O2. The summed E-state index contributed by atoms with van der Waals surface area (Å²) in [6.07, 6.45) is 1.25. The van der Waals surface area contributed by atoms with E-state index in [1.807, 2.05) is 0 Å². The number of hydrogen-bond donors (Lipinski definition) is 1. The van der Waals surface area contributed by atoms with Crippen molar-refractivity contribution in [3.63, 3.8) is 0 Å². The Morgan fingerprint density at radius 2 is 2.38 bits per heavy atom.